The smallest absolute Gasteiger partial charge is 0.278 e. The summed E-state index contributed by atoms with van der Waals surface area (Å²) in [4.78, 5) is 4.40. The maximum Gasteiger partial charge on any atom is 0.278 e. The van der Waals surface area contributed by atoms with Gasteiger partial charge in [-0.05, 0) is 31.2 Å². The predicted molar refractivity (Wildman–Crippen MR) is 108 cm³/mol. The highest BCUT2D eigenvalue weighted by Crippen LogP contribution is 2.31. The molecule has 2 aromatic heterocycles. The Bertz CT molecular complexity index is 1110. The summed E-state index contributed by atoms with van der Waals surface area (Å²) >= 11 is 0. The van der Waals surface area contributed by atoms with Crippen LogP contribution in [0.15, 0.2) is 59.1 Å². The van der Waals surface area contributed by atoms with E-state index in [1.54, 1.807) is 26.4 Å². The highest BCUT2D eigenvalue weighted by Gasteiger charge is 2.13. The lowest BCUT2D eigenvalue weighted by atomic mass is 10.1. The monoisotopic (exact) mass is 389 g/mol. The van der Waals surface area contributed by atoms with Crippen molar-refractivity contribution < 1.29 is 14.0 Å². The van der Waals surface area contributed by atoms with Gasteiger partial charge in [-0.15, -0.1) is 10.2 Å². The highest BCUT2D eigenvalue weighted by molar-refractivity contribution is 5.62. The molecule has 0 atom stereocenters. The highest BCUT2D eigenvalue weighted by atomic mass is 16.5. The molecule has 0 aliphatic heterocycles. The second-order valence-electron chi connectivity index (χ2n) is 6.29. The fourth-order valence-corrected chi connectivity index (χ4v) is 2.72. The molecule has 8 nitrogen and oxygen atoms in total. The maximum absolute atomic E-state index is 5.33. The van der Waals surface area contributed by atoms with Crippen molar-refractivity contribution in [2.75, 3.05) is 19.5 Å². The summed E-state index contributed by atoms with van der Waals surface area (Å²) < 4.78 is 15.9. The van der Waals surface area contributed by atoms with Gasteiger partial charge in [-0.3, -0.25) is 0 Å². The van der Waals surface area contributed by atoms with Crippen LogP contribution in [0.1, 0.15) is 5.56 Å². The number of aromatic nitrogens is 4. The molecule has 146 valence electrons. The normalized spacial score (nSPS) is 10.6. The fraction of sp³-hybridized carbons (Fsp3) is 0.143. The molecule has 0 aliphatic rings. The second kappa shape index (κ2) is 7.97. The van der Waals surface area contributed by atoms with Crippen LogP contribution in [0.3, 0.4) is 0 Å². The van der Waals surface area contributed by atoms with Gasteiger partial charge in [0.25, 0.3) is 5.89 Å². The summed E-state index contributed by atoms with van der Waals surface area (Å²) in [5.41, 5.74) is 3.34. The maximum atomic E-state index is 5.33. The molecule has 0 unspecified atom stereocenters. The van der Waals surface area contributed by atoms with E-state index in [0.717, 1.165) is 11.3 Å². The van der Waals surface area contributed by atoms with E-state index < -0.39 is 0 Å². The number of anilines is 2. The van der Waals surface area contributed by atoms with Crippen molar-refractivity contribution in [2.45, 2.75) is 6.92 Å². The Balaban J connectivity index is 1.50. The molecule has 0 radical (unpaired) electrons. The molecule has 4 rings (SSSR count). The molecular weight excluding hydrogens is 370 g/mol. The van der Waals surface area contributed by atoms with Gasteiger partial charge in [-0.1, -0.05) is 35.0 Å². The molecular formula is C21H19N5O3. The lowest BCUT2D eigenvalue weighted by molar-refractivity contribution is 0.355. The van der Waals surface area contributed by atoms with E-state index in [1.165, 1.54) is 5.56 Å². The standard InChI is InChI=1S/C21H19N5O3/c1-13-4-6-14(7-5-13)20-23-21(29-26-20)16-9-11-19(25-24-16)22-15-8-10-17(27-2)18(12-15)28-3/h4-12H,1-3H3,(H,22,25). The van der Waals surface area contributed by atoms with Crippen molar-refractivity contribution in [3.05, 3.63) is 60.2 Å². The molecule has 2 heterocycles. The summed E-state index contributed by atoms with van der Waals surface area (Å²) in [5, 5.41) is 15.6. The summed E-state index contributed by atoms with van der Waals surface area (Å²) in [6.07, 6.45) is 0. The van der Waals surface area contributed by atoms with Gasteiger partial charge < -0.3 is 19.3 Å². The molecule has 0 saturated heterocycles. The third-order valence-corrected chi connectivity index (χ3v) is 4.28. The Morgan fingerprint density at radius 3 is 2.34 bits per heavy atom. The number of benzene rings is 2. The average molecular weight is 389 g/mol. The number of ether oxygens (including phenoxy) is 2. The number of rotatable bonds is 6. The summed E-state index contributed by atoms with van der Waals surface area (Å²) in [6.45, 7) is 2.03. The quantitative estimate of drug-likeness (QED) is 0.523. The summed E-state index contributed by atoms with van der Waals surface area (Å²) in [5.74, 6) is 2.66. The first-order chi connectivity index (χ1) is 14.2. The molecule has 29 heavy (non-hydrogen) atoms. The molecule has 0 saturated carbocycles. The van der Waals surface area contributed by atoms with Gasteiger partial charge in [0.05, 0.1) is 14.2 Å². The van der Waals surface area contributed by atoms with Gasteiger partial charge in [0.15, 0.2) is 23.0 Å². The van der Waals surface area contributed by atoms with Crippen LogP contribution in [0.2, 0.25) is 0 Å². The van der Waals surface area contributed by atoms with E-state index in [2.05, 4.69) is 25.7 Å². The minimum Gasteiger partial charge on any atom is -0.493 e. The topological polar surface area (TPSA) is 95.2 Å². The van der Waals surface area contributed by atoms with Crippen molar-refractivity contribution in [1.29, 1.82) is 0 Å². The third kappa shape index (κ3) is 4.01. The second-order valence-corrected chi connectivity index (χ2v) is 6.29. The van der Waals surface area contributed by atoms with Crippen LogP contribution in [-0.2, 0) is 0 Å². The van der Waals surface area contributed by atoms with Crippen LogP contribution in [0.4, 0.5) is 11.5 Å². The lowest BCUT2D eigenvalue weighted by Gasteiger charge is -2.10. The van der Waals surface area contributed by atoms with Crippen molar-refractivity contribution in [3.63, 3.8) is 0 Å². The zero-order chi connectivity index (χ0) is 20.2. The zero-order valence-corrected chi connectivity index (χ0v) is 16.2. The van der Waals surface area contributed by atoms with E-state index in [-0.39, 0.29) is 0 Å². The van der Waals surface area contributed by atoms with Crippen LogP contribution in [0.25, 0.3) is 23.0 Å². The molecule has 0 bridgehead atoms. The molecule has 2 aromatic carbocycles. The number of nitrogens with one attached hydrogen (secondary N) is 1. The molecule has 4 aromatic rings. The van der Waals surface area contributed by atoms with Crippen molar-refractivity contribution in [3.8, 4) is 34.5 Å². The van der Waals surface area contributed by atoms with E-state index in [0.29, 0.717) is 34.7 Å². The lowest BCUT2D eigenvalue weighted by Crippen LogP contribution is -1.98. The average Bonchev–Trinajstić information content (AvgIpc) is 3.25. The Morgan fingerprint density at radius 2 is 1.66 bits per heavy atom. The third-order valence-electron chi connectivity index (χ3n) is 4.28. The molecule has 0 aliphatic carbocycles. The minimum atomic E-state index is 0.311. The van der Waals surface area contributed by atoms with Crippen molar-refractivity contribution in [1.82, 2.24) is 20.3 Å². The molecule has 0 amide bonds. The summed E-state index contributed by atoms with van der Waals surface area (Å²) in [7, 11) is 3.18. The van der Waals surface area contributed by atoms with Gasteiger partial charge in [0, 0.05) is 17.3 Å². The van der Waals surface area contributed by atoms with Gasteiger partial charge >= 0.3 is 0 Å². The Hall–Kier alpha value is -3.94. The van der Waals surface area contributed by atoms with E-state index in [4.69, 9.17) is 14.0 Å². The first-order valence-electron chi connectivity index (χ1n) is 8.90. The van der Waals surface area contributed by atoms with E-state index in [1.807, 2.05) is 49.4 Å². The van der Waals surface area contributed by atoms with Crippen molar-refractivity contribution >= 4 is 11.5 Å². The number of nitrogens with zero attached hydrogens (tertiary/aromatic N) is 4. The molecule has 0 spiro atoms. The van der Waals surface area contributed by atoms with Crippen molar-refractivity contribution in [2.24, 2.45) is 0 Å². The van der Waals surface area contributed by atoms with Crippen LogP contribution >= 0.6 is 0 Å². The van der Waals surface area contributed by atoms with E-state index in [9.17, 15) is 0 Å². The van der Waals surface area contributed by atoms with Crippen LogP contribution < -0.4 is 14.8 Å². The van der Waals surface area contributed by atoms with Crippen LogP contribution in [0, 0.1) is 6.92 Å². The molecule has 0 fully saturated rings. The Morgan fingerprint density at radius 1 is 0.862 bits per heavy atom. The SMILES string of the molecule is COc1ccc(Nc2ccc(-c3nc(-c4ccc(C)cc4)no3)nn2)cc1OC. The first-order valence-corrected chi connectivity index (χ1v) is 8.90. The Kier molecular flexibility index (Phi) is 5.07. The Labute approximate surface area is 167 Å². The molecule has 8 heteroatoms. The predicted octanol–water partition coefficient (Wildman–Crippen LogP) is 4.26. The fourth-order valence-electron chi connectivity index (χ4n) is 2.72. The largest absolute Gasteiger partial charge is 0.493 e. The molecule has 1 N–H and O–H groups in total. The zero-order valence-electron chi connectivity index (χ0n) is 16.2. The van der Waals surface area contributed by atoms with Crippen LogP contribution in [-0.4, -0.2) is 34.6 Å². The van der Waals surface area contributed by atoms with Gasteiger partial charge in [-0.25, -0.2) is 0 Å². The van der Waals surface area contributed by atoms with Gasteiger partial charge in [0.2, 0.25) is 5.82 Å². The van der Waals surface area contributed by atoms with E-state index >= 15 is 0 Å². The number of hydrogen-bond acceptors (Lipinski definition) is 8. The number of hydrogen-bond donors (Lipinski definition) is 1. The van der Waals surface area contributed by atoms with Gasteiger partial charge in [0.1, 0.15) is 0 Å². The summed E-state index contributed by atoms with van der Waals surface area (Å²) in [6, 6.07) is 16.9. The van der Waals surface area contributed by atoms with Gasteiger partial charge in [-0.2, -0.15) is 4.98 Å². The number of methoxy groups -OCH3 is 2. The number of aryl methyl sites for hydroxylation is 1. The van der Waals surface area contributed by atoms with Crippen LogP contribution in [0.5, 0.6) is 11.5 Å². The minimum absolute atomic E-state index is 0.311. The first kappa shape index (κ1) is 18.4.